The maximum Gasteiger partial charge on any atom is 0.147 e. The Morgan fingerprint density at radius 3 is 1.56 bits per heavy atom. The van der Waals surface area contributed by atoms with Gasteiger partial charge in [-0.05, 0) is 5.41 Å². The SMILES string of the molecule is CC(C)(C)CS(C)(=O)=O. The van der Waals surface area contributed by atoms with E-state index in [0.717, 1.165) is 0 Å². The molecular weight excluding hydrogens is 136 g/mol. The van der Waals surface area contributed by atoms with Crippen molar-refractivity contribution in [1.82, 2.24) is 0 Å². The van der Waals surface area contributed by atoms with Crippen LogP contribution in [0.25, 0.3) is 0 Å². The Morgan fingerprint density at radius 1 is 1.22 bits per heavy atom. The monoisotopic (exact) mass is 150 g/mol. The van der Waals surface area contributed by atoms with Crippen molar-refractivity contribution in [3.05, 3.63) is 0 Å². The summed E-state index contributed by atoms with van der Waals surface area (Å²) >= 11 is 0. The number of hydrogen-bond donors (Lipinski definition) is 0. The van der Waals surface area contributed by atoms with Crippen LogP contribution in [0.4, 0.5) is 0 Å². The maximum absolute atomic E-state index is 10.6. The number of sulfone groups is 1. The summed E-state index contributed by atoms with van der Waals surface area (Å²) in [6.45, 7) is 5.73. The minimum Gasteiger partial charge on any atom is -0.229 e. The molecule has 0 spiro atoms. The van der Waals surface area contributed by atoms with Gasteiger partial charge >= 0.3 is 0 Å². The Labute approximate surface area is 57.2 Å². The fourth-order valence-electron chi connectivity index (χ4n) is 0.787. The van der Waals surface area contributed by atoms with Crippen molar-refractivity contribution in [2.24, 2.45) is 5.41 Å². The first-order chi connectivity index (χ1) is 3.71. The number of hydrogen-bond acceptors (Lipinski definition) is 2. The van der Waals surface area contributed by atoms with E-state index in [1.807, 2.05) is 20.8 Å². The predicted molar refractivity (Wildman–Crippen MR) is 39.2 cm³/mol. The summed E-state index contributed by atoms with van der Waals surface area (Å²) in [7, 11) is -2.78. The highest BCUT2D eigenvalue weighted by atomic mass is 32.2. The molecule has 56 valence electrons. The Hall–Kier alpha value is -0.0500. The molecule has 0 aromatic heterocycles. The highest BCUT2D eigenvalue weighted by Gasteiger charge is 2.16. The van der Waals surface area contributed by atoms with Gasteiger partial charge in [0, 0.05) is 6.26 Å². The molecule has 0 aromatic carbocycles. The van der Waals surface area contributed by atoms with Crippen molar-refractivity contribution < 1.29 is 8.42 Å². The van der Waals surface area contributed by atoms with E-state index in [1.165, 1.54) is 6.26 Å². The van der Waals surface area contributed by atoms with E-state index >= 15 is 0 Å². The predicted octanol–water partition coefficient (Wildman–Crippen LogP) is 1.08. The van der Waals surface area contributed by atoms with Gasteiger partial charge in [0.15, 0.2) is 0 Å². The summed E-state index contributed by atoms with van der Waals surface area (Å²) in [5.41, 5.74) is -0.104. The summed E-state index contributed by atoms with van der Waals surface area (Å²) in [6.07, 6.45) is 1.26. The molecule has 0 saturated heterocycles. The van der Waals surface area contributed by atoms with E-state index in [-0.39, 0.29) is 11.2 Å². The lowest BCUT2D eigenvalue weighted by molar-refractivity contribution is 0.463. The van der Waals surface area contributed by atoms with E-state index in [4.69, 9.17) is 0 Å². The molecule has 9 heavy (non-hydrogen) atoms. The lowest BCUT2D eigenvalue weighted by Crippen LogP contribution is -2.19. The highest BCUT2D eigenvalue weighted by molar-refractivity contribution is 7.90. The third kappa shape index (κ3) is 7.95. The molecule has 0 bridgehead atoms. The third-order valence-electron chi connectivity index (χ3n) is 0.695. The Kier molecular flexibility index (Phi) is 2.28. The van der Waals surface area contributed by atoms with E-state index < -0.39 is 9.84 Å². The van der Waals surface area contributed by atoms with Crippen molar-refractivity contribution in [2.45, 2.75) is 20.8 Å². The molecule has 0 radical (unpaired) electrons. The van der Waals surface area contributed by atoms with E-state index in [2.05, 4.69) is 0 Å². The van der Waals surface area contributed by atoms with Crippen molar-refractivity contribution in [3.8, 4) is 0 Å². The van der Waals surface area contributed by atoms with Crippen LogP contribution in [0, 0.1) is 5.41 Å². The molecule has 3 heteroatoms. The van der Waals surface area contributed by atoms with Gasteiger partial charge in [-0.1, -0.05) is 20.8 Å². The molecule has 0 heterocycles. The molecule has 0 aliphatic rings. The second-order valence-corrected chi connectivity index (χ2v) is 5.77. The largest absolute Gasteiger partial charge is 0.229 e. The lowest BCUT2D eigenvalue weighted by Gasteiger charge is -2.15. The molecule has 0 aliphatic carbocycles. The summed E-state index contributed by atoms with van der Waals surface area (Å²) in [6, 6.07) is 0. The van der Waals surface area contributed by atoms with Gasteiger partial charge in [-0.25, -0.2) is 8.42 Å². The van der Waals surface area contributed by atoms with Crippen LogP contribution in [0.2, 0.25) is 0 Å². The van der Waals surface area contributed by atoms with Crippen molar-refractivity contribution in [3.63, 3.8) is 0 Å². The first-order valence-electron chi connectivity index (χ1n) is 2.88. The minimum absolute atomic E-state index is 0.104. The third-order valence-corrected chi connectivity index (χ3v) is 2.09. The summed E-state index contributed by atoms with van der Waals surface area (Å²) in [5, 5.41) is 0. The van der Waals surface area contributed by atoms with Crippen LogP contribution in [0.15, 0.2) is 0 Å². The lowest BCUT2D eigenvalue weighted by atomic mass is 10.0. The molecular formula is C6H14O2S. The number of rotatable bonds is 1. The molecule has 0 aromatic rings. The second kappa shape index (κ2) is 2.29. The van der Waals surface area contributed by atoms with Crippen molar-refractivity contribution in [2.75, 3.05) is 12.0 Å². The molecule has 2 nitrogen and oxygen atoms in total. The zero-order chi connectivity index (χ0) is 7.71. The van der Waals surface area contributed by atoms with Crippen molar-refractivity contribution >= 4 is 9.84 Å². The van der Waals surface area contributed by atoms with Crippen LogP contribution < -0.4 is 0 Å². The molecule has 0 aliphatic heterocycles. The normalized spacial score (nSPS) is 13.8. The molecule has 0 amide bonds. The van der Waals surface area contributed by atoms with Gasteiger partial charge in [-0.2, -0.15) is 0 Å². The van der Waals surface area contributed by atoms with Gasteiger partial charge in [0.1, 0.15) is 9.84 Å². The molecule has 0 unspecified atom stereocenters. The zero-order valence-electron chi connectivity index (χ0n) is 6.43. The van der Waals surface area contributed by atoms with Crippen LogP contribution in [0.1, 0.15) is 20.8 Å². The van der Waals surface area contributed by atoms with Crippen LogP contribution in [0.3, 0.4) is 0 Å². The highest BCUT2D eigenvalue weighted by Crippen LogP contribution is 2.14. The van der Waals surface area contributed by atoms with Crippen molar-refractivity contribution in [1.29, 1.82) is 0 Å². The topological polar surface area (TPSA) is 34.1 Å². The summed E-state index contributed by atoms with van der Waals surface area (Å²) in [5.74, 6) is 0.264. The summed E-state index contributed by atoms with van der Waals surface area (Å²) < 4.78 is 21.3. The van der Waals surface area contributed by atoms with Gasteiger partial charge in [0.05, 0.1) is 5.75 Å². The zero-order valence-corrected chi connectivity index (χ0v) is 7.25. The molecule has 0 fully saturated rings. The minimum atomic E-state index is -2.78. The van der Waals surface area contributed by atoms with Gasteiger partial charge < -0.3 is 0 Å². The van der Waals surface area contributed by atoms with Gasteiger partial charge in [-0.15, -0.1) is 0 Å². The molecule has 0 saturated carbocycles. The fourth-order valence-corrected chi connectivity index (χ4v) is 2.36. The smallest absolute Gasteiger partial charge is 0.147 e. The molecule has 0 rings (SSSR count). The first-order valence-corrected chi connectivity index (χ1v) is 4.94. The van der Waals surface area contributed by atoms with E-state index in [0.29, 0.717) is 0 Å². The quantitative estimate of drug-likeness (QED) is 0.560. The fraction of sp³-hybridized carbons (Fsp3) is 1.00. The van der Waals surface area contributed by atoms with E-state index in [1.54, 1.807) is 0 Å². The maximum atomic E-state index is 10.6. The Balaban J connectivity index is 4.07. The summed E-state index contributed by atoms with van der Waals surface area (Å²) in [4.78, 5) is 0. The average molecular weight is 150 g/mol. The standard InChI is InChI=1S/C6H14O2S/c1-6(2,3)5-9(4,7)8/h5H2,1-4H3. The first kappa shape index (κ1) is 8.95. The van der Waals surface area contributed by atoms with Crippen LogP contribution in [-0.4, -0.2) is 20.4 Å². The second-order valence-electron chi connectivity index (χ2n) is 3.63. The average Bonchev–Trinajstić information content (AvgIpc) is 1.14. The molecule has 0 atom stereocenters. The van der Waals surface area contributed by atoms with Gasteiger partial charge in [-0.3, -0.25) is 0 Å². The Morgan fingerprint density at radius 2 is 1.56 bits per heavy atom. The molecule has 0 N–H and O–H groups in total. The van der Waals surface area contributed by atoms with Crippen LogP contribution in [0.5, 0.6) is 0 Å². The van der Waals surface area contributed by atoms with Gasteiger partial charge in [0.25, 0.3) is 0 Å². The van der Waals surface area contributed by atoms with Crippen LogP contribution >= 0.6 is 0 Å². The van der Waals surface area contributed by atoms with E-state index in [9.17, 15) is 8.42 Å². The van der Waals surface area contributed by atoms with Gasteiger partial charge in [0.2, 0.25) is 0 Å². The Bertz CT molecular complexity index is 172. The van der Waals surface area contributed by atoms with Crippen LogP contribution in [-0.2, 0) is 9.84 Å².